The molecular formula is C15H25N5. The molecule has 1 saturated heterocycles. The van der Waals surface area contributed by atoms with E-state index in [1.54, 1.807) is 0 Å². The van der Waals surface area contributed by atoms with Gasteiger partial charge in [0.15, 0.2) is 5.96 Å². The Morgan fingerprint density at radius 3 is 2.75 bits per heavy atom. The van der Waals surface area contributed by atoms with Crippen LogP contribution < -0.4 is 5.32 Å². The summed E-state index contributed by atoms with van der Waals surface area (Å²) >= 11 is 0. The minimum Gasteiger partial charge on any atom is -0.353 e. The van der Waals surface area contributed by atoms with Crippen LogP contribution in [0.15, 0.2) is 23.7 Å². The number of guanidine groups is 1. The zero-order valence-electron chi connectivity index (χ0n) is 12.7. The molecule has 0 aromatic carbocycles. The summed E-state index contributed by atoms with van der Waals surface area (Å²) in [5.41, 5.74) is 0. The Balaban J connectivity index is 1.68. The van der Waals surface area contributed by atoms with E-state index >= 15 is 0 Å². The van der Waals surface area contributed by atoms with Crippen LogP contribution in [0.1, 0.15) is 32.7 Å². The molecule has 4 atom stereocenters. The summed E-state index contributed by atoms with van der Waals surface area (Å²) in [7, 11) is 1.89. The highest BCUT2D eigenvalue weighted by Crippen LogP contribution is 2.31. The maximum absolute atomic E-state index is 4.47. The lowest BCUT2D eigenvalue weighted by Crippen LogP contribution is -2.49. The molecule has 2 aliphatic rings. The van der Waals surface area contributed by atoms with Crippen LogP contribution in [0.5, 0.6) is 0 Å². The highest BCUT2D eigenvalue weighted by molar-refractivity contribution is 5.80. The topological polar surface area (TPSA) is 45.5 Å². The molecular weight excluding hydrogens is 250 g/mol. The van der Waals surface area contributed by atoms with Gasteiger partial charge >= 0.3 is 0 Å². The van der Waals surface area contributed by atoms with Crippen molar-refractivity contribution in [3.05, 3.63) is 18.7 Å². The fourth-order valence-corrected chi connectivity index (χ4v) is 3.08. The normalized spacial score (nSPS) is 34.1. The van der Waals surface area contributed by atoms with E-state index in [1.807, 2.05) is 19.6 Å². The maximum atomic E-state index is 4.47. The minimum absolute atomic E-state index is 0.487. The van der Waals surface area contributed by atoms with Crippen LogP contribution in [0.25, 0.3) is 0 Å². The summed E-state index contributed by atoms with van der Waals surface area (Å²) in [4.78, 5) is 11.1. The Bertz CT molecular complexity index is 467. The average molecular weight is 275 g/mol. The van der Waals surface area contributed by atoms with Crippen LogP contribution in [0, 0.1) is 11.8 Å². The number of rotatable bonds is 2. The summed E-state index contributed by atoms with van der Waals surface area (Å²) in [5.74, 6) is 2.54. The van der Waals surface area contributed by atoms with E-state index in [0.717, 1.165) is 25.0 Å². The number of hydrogen-bond donors (Lipinski definition) is 1. The maximum Gasteiger partial charge on any atom is 0.193 e. The van der Waals surface area contributed by atoms with Crippen molar-refractivity contribution in [2.45, 2.75) is 38.8 Å². The fraction of sp³-hybridized carbons (Fsp3) is 0.733. The van der Waals surface area contributed by atoms with Gasteiger partial charge in [-0.05, 0) is 24.7 Å². The first-order valence-corrected chi connectivity index (χ1v) is 7.64. The van der Waals surface area contributed by atoms with Crippen molar-refractivity contribution in [1.82, 2.24) is 19.8 Å². The van der Waals surface area contributed by atoms with Crippen molar-refractivity contribution in [2.75, 3.05) is 20.1 Å². The molecule has 2 fully saturated rings. The lowest BCUT2D eigenvalue weighted by atomic mass is 9.93. The van der Waals surface area contributed by atoms with E-state index < -0.39 is 0 Å². The summed E-state index contributed by atoms with van der Waals surface area (Å²) in [6.45, 7) is 6.73. The standard InChI is InChI=1S/C15H25N5/c1-11-4-6-19(9-14(11)20-7-5-17-10-20)15(16-3)18-13-8-12(13)2/h5,7,10-14H,4,6,8-9H2,1-3H3,(H,16,18). The minimum atomic E-state index is 0.487. The highest BCUT2D eigenvalue weighted by atomic mass is 15.3. The second-order valence-corrected chi connectivity index (χ2v) is 6.30. The number of nitrogens with zero attached hydrogens (tertiary/aromatic N) is 4. The SMILES string of the molecule is CN=C(NC1CC1C)N1CCC(C)C(n2ccnc2)C1. The molecule has 2 heterocycles. The van der Waals surface area contributed by atoms with E-state index in [9.17, 15) is 0 Å². The molecule has 1 aliphatic carbocycles. The first-order chi connectivity index (χ1) is 9.69. The van der Waals surface area contributed by atoms with E-state index in [2.05, 4.69) is 44.8 Å². The van der Waals surface area contributed by atoms with Crippen LogP contribution in [-0.4, -0.2) is 46.6 Å². The van der Waals surface area contributed by atoms with Crippen molar-refractivity contribution < 1.29 is 0 Å². The van der Waals surface area contributed by atoms with Gasteiger partial charge in [-0.25, -0.2) is 4.98 Å². The van der Waals surface area contributed by atoms with Crippen molar-refractivity contribution in [1.29, 1.82) is 0 Å². The van der Waals surface area contributed by atoms with Gasteiger partial charge in [-0.1, -0.05) is 13.8 Å². The molecule has 20 heavy (non-hydrogen) atoms. The summed E-state index contributed by atoms with van der Waals surface area (Å²) < 4.78 is 2.24. The lowest BCUT2D eigenvalue weighted by molar-refractivity contribution is 0.189. The summed E-state index contributed by atoms with van der Waals surface area (Å²) in [5, 5.41) is 3.59. The monoisotopic (exact) mass is 275 g/mol. The van der Waals surface area contributed by atoms with Crippen molar-refractivity contribution in [3.8, 4) is 0 Å². The molecule has 1 aromatic rings. The molecule has 1 aliphatic heterocycles. The van der Waals surface area contributed by atoms with Crippen molar-refractivity contribution >= 4 is 5.96 Å². The molecule has 5 nitrogen and oxygen atoms in total. The van der Waals surface area contributed by atoms with Crippen LogP contribution in [0.4, 0.5) is 0 Å². The third-order valence-corrected chi connectivity index (χ3v) is 4.76. The Hall–Kier alpha value is -1.52. The fourth-order valence-electron chi connectivity index (χ4n) is 3.08. The molecule has 5 heteroatoms. The predicted octanol–water partition coefficient (Wildman–Crippen LogP) is 1.75. The van der Waals surface area contributed by atoms with Crippen LogP contribution in [0.2, 0.25) is 0 Å². The third-order valence-electron chi connectivity index (χ3n) is 4.76. The summed E-state index contributed by atoms with van der Waals surface area (Å²) in [6.07, 6.45) is 8.34. The molecule has 1 N–H and O–H groups in total. The van der Waals surface area contributed by atoms with Gasteiger partial charge in [0.2, 0.25) is 0 Å². The number of aliphatic imine (C=N–C) groups is 1. The number of nitrogens with one attached hydrogen (secondary N) is 1. The van der Waals surface area contributed by atoms with Gasteiger partial charge in [-0.3, -0.25) is 4.99 Å². The highest BCUT2D eigenvalue weighted by Gasteiger charge is 2.35. The first-order valence-electron chi connectivity index (χ1n) is 7.64. The zero-order valence-corrected chi connectivity index (χ0v) is 12.7. The molecule has 0 bridgehead atoms. The van der Waals surface area contributed by atoms with Gasteiger partial charge in [0.25, 0.3) is 0 Å². The molecule has 0 spiro atoms. The second-order valence-electron chi connectivity index (χ2n) is 6.30. The zero-order chi connectivity index (χ0) is 14.1. The Kier molecular flexibility index (Phi) is 3.68. The first kappa shape index (κ1) is 13.5. The Morgan fingerprint density at radius 2 is 2.15 bits per heavy atom. The van der Waals surface area contributed by atoms with Gasteiger partial charge in [0.1, 0.15) is 0 Å². The van der Waals surface area contributed by atoms with E-state index in [4.69, 9.17) is 0 Å². The van der Waals surface area contributed by atoms with E-state index in [1.165, 1.54) is 12.8 Å². The molecule has 4 unspecified atom stereocenters. The van der Waals surface area contributed by atoms with Crippen molar-refractivity contribution in [3.63, 3.8) is 0 Å². The van der Waals surface area contributed by atoms with E-state index in [0.29, 0.717) is 18.0 Å². The third kappa shape index (κ3) is 2.67. The van der Waals surface area contributed by atoms with Gasteiger partial charge in [-0.2, -0.15) is 0 Å². The van der Waals surface area contributed by atoms with Crippen LogP contribution in [-0.2, 0) is 0 Å². The summed E-state index contributed by atoms with van der Waals surface area (Å²) in [6, 6.07) is 1.11. The number of piperidine rings is 1. The molecule has 110 valence electrons. The van der Waals surface area contributed by atoms with Gasteiger partial charge < -0.3 is 14.8 Å². The van der Waals surface area contributed by atoms with E-state index in [-0.39, 0.29) is 0 Å². The average Bonchev–Trinajstić information content (AvgIpc) is 2.94. The van der Waals surface area contributed by atoms with Gasteiger partial charge in [0.05, 0.1) is 12.4 Å². The van der Waals surface area contributed by atoms with Gasteiger partial charge in [0, 0.05) is 38.6 Å². The number of imidazole rings is 1. The molecule has 3 rings (SSSR count). The molecule has 0 radical (unpaired) electrons. The number of hydrogen-bond acceptors (Lipinski definition) is 2. The smallest absolute Gasteiger partial charge is 0.193 e. The molecule has 0 amide bonds. The van der Waals surface area contributed by atoms with Crippen molar-refractivity contribution in [2.24, 2.45) is 16.8 Å². The van der Waals surface area contributed by atoms with Crippen LogP contribution >= 0.6 is 0 Å². The Morgan fingerprint density at radius 1 is 1.35 bits per heavy atom. The second kappa shape index (κ2) is 5.46. The predicted molar refractivity (Wildman–Crippen MR) is 80.7 cm³/mol. The molecule has 1 saturated carbocycles. The number of likely N-dealkylation sites (tertiary alicyclic amines) is 1. The lowest BCUT2D eigenvalue weighted by Gasteiger charge is -2.39. The Labute approximate surface area is 121 Å². The number of aromatic nitrogens is 2. The van der Waals surface area contributed by atoms with Gasteiger partial charge in [-0.15, -0.1) is 0 Å². The molecule has 1 aromatic heterocycles. The van der Waals surface area contributed by atoms with Crippen LogP contribution in [0.3, 0.4) is 0 Å². The quantitative estimate of drug-likeness (QED) is 0.660. The largest absolute Gasteiger partial charge is 0.353 e.